The molecule has 0 saturated carbocycles. The van der Waals surface area contributed by atoms with Crippen molar-refractivity contribution in [2.45, 2.75) is 12.2 Å². The lowest BCUT2D eigenvalue weighted by molar-refractivity contribution is 0.366. The first kappa shape index (κ1) is 15.3. The van der Waals surface area contributed by atoms with E-state index >= 15 is 0 Å². The molecule has 0 aromatic heterocycles. The number of rotatable bonds is 4. The zero-order valence-corrected chi connectivity index (χ0v) is 13.5. The summed E-state index contributed by atoms with van der Waals surface area (Å²) in [5.74, 6) is 0.589. The summed E-state index contributed by atoms with van der Waals surface area (Å²) in [6.07, 6.45) is 4.88. The molecular formula is C16H22ClN5. The quantitative estimate of drug-likeness (QED) is 0.786. The van der Waals surface area contributed by atoms with E-state index in [1.165, 1.54) is 13.0 Å². The van der Waals surface area contributed by atoms with Gasteiger partial charge in [0.2, 0.25) is 5.79 Å². The van der Waals surface area contributed by atoms with Crippen LogP contribution in [0.5, 0.6) is 0 Å². The second-order valence-electron chi connectivity index (χ2n) is 6.06. The molecule has 0 spiro atoms. The summed E-state index contributed by atoms with van der Waals surface area (Å²) in [4.78, 5) is 6.73. The average molecular weight is 320 g/mol. The molecule has 2 heterocycles. The third-order valence-corrected chi connectivity index (χ3v) is 4.41. The molecule has 2 unspecified atom stereocenters. The van der Waals surface area contributed by atoms with Gasteiger partial charge in [-0.2, -0.15) is 0 Å². The van der Waals surface area contributed by atoms with Gasteiger partial charge in [0.25, 0.3) is 0 Å². The predicted octanol–water partition coefficient (Wildman–Crippen LogP) is 1.47. The lowest BCUT2D eigenvalue weighted by Gasteiger charge is -2.32. The number of likely N-dealkylation sites (tertiary alicyclic amines) is 1. The fourth-order valence-electron chi connectivity index (χ4n) is 2.93. The number of allylic oxidation sites excluding steroid dienone is 1. The largest absolute Gasteiger partial charge is 0.371 e. The summed E-state index contributed by atoms with van der Waals surface area (Å²) in [6.45, 7) is 3.24. The zero-order valence-electron chi connectivity index (χ0n) is 12.7. The summed E-state index contributed by atoms with van der Waals surface area (Å²) in [6, 6.07) is 7.46. The Morgan fingerprint density at radius 1 is 1.55 bits per heavy atom. The molecule has 2 atom stereocenters. The van der Waals surface area contributed by atoms with E-state index in [4.69, 9.17) is 17.3 Å². The molecule has 6 heteroatoms. The Bertz CT molecular complexity index is 600. The molecule has 2 aliphatic heterocycles. The smallest absolute Gasteiger partial charge is 0.210 e. The first-order valence-corrected chi connectivity index (χ1v) is 7.94. The Morgan fingerprint density at radius 3 is 3.14 bits per heavy atom. The topological polar surface area (TPSA) is 65.7 Å². The van der Waals surface area contributed by atoms with Crippen LogP contribution in [0.4, 0.5) is 0 Å². The third kappa shape index (κ3) is 3.43. The van der Waals surface area contributed by atoms with Crippen LogP contribution in [-0.2, 0) is 5.79 Å². The maximum absolute atomic E-state index is 6.39. The van der Waals surface area contributed by atoms with Crippen LogP contribution < -0.4 is 16.4 Å². The molecule has 0 bridgehead atoms. The zero-order chi connectivity index (χ0) is 15.6. The van der Waals surface area contributed by atoms with Gasteiger partial charge in [0.05, 0.1) is 0 Å². The van der Waals surface area contributed by atoms with Gasteiger partial charge in [0.1, 0.15) is 5.82 Å². The minimum atomic E-state index is -0.978. The highest BCUT2D eigenvalue weighted by molar-refractivity contribution is 6.30. The highest BCUT2D eigenvalue weighted by Crippen LogP contribution is 2.23. The Morgan fingerprint density at radius 2 is 2.41 bits per heavy atom. The summed E-state index contributed by atoms with van der Waals surface area (Å²) in [5.41, 5.74) is 7.23. The summed E-state index contributed by atoms with van der Waals surface area (Å²) in [5, 5.41) is 7.36. The summed E-state index contributed by atoms with van der Waals surface area (Å²) >= 11 is 6.05. The number of hydrogen-bond acceptors (Lipinski definition) is 5. The minimum Gasteiger partial charge on any atom is -0.371 e. The number of nitrogens with zero attached hydrogens (tertiary/aromatic N) is 2. The maximum atomic E-state index is 6.39. The van der Waals surface area contributed by atoms with Crippen LogP contribution in [0.15, 0.2) is 41.2 Å². The van der Waals surface area contributed by atoms with Gasteiger partial charge in [0.15, 0.2) is 0 Å². The Labute approximate surface area is 136 Å². The highest BCUT2D eigenvalue weighted by atomic mass is 35.5. The second kappa shape index (κ2) is 6.28. The minimum absolute atomic E-state index is 0.650. The van der Waals surface area contributed by atoms with Gasteiger partial charge in [-0.25, -0.2) is 4.99 Å². The number of aliphatic imine (C=N–C) groups is 1. The summed E-state index contributed by atoms with van der Waals surface area (Å²) in [7, 11) is 2.16. The number of hydrogen-bond donors (Lipinski definition) is 3. The standard InChI is InChI=1S/C16H22ClN5/c1-22-8-6-12(11-22)10-19-15-5-7-20-16(18,21-15)13-3-2-4-14(17)9-13/h2-5,7,9,12,19,21H,6,8,10-11,18H2,1H3. The fourth-order valence-corrected chi connectivity index (χ4v) is 3.12. The van der Waals surface area contributed by atoms with Gasteiger partial charge in [-0.05, 0) is 44.1 Å². The molecule has 2 aliphatic rings. The molecule has 1 saturated heterocycles. The molecule has 0 radical (unpaired) electrons. The van der Waals surface area contributed by atoms with Crippen molar-refractivity contribution in [3.8, 4) is 0 Å². The average Bonchev–Trinajstić information content (AvgIpc) is 2.91. The van der Waals surface area contributed by atoms with E-state index in [2.05, 4.69) is 27.6 Å². The lowest BCUT2D eigenvalue weighted by Crippen LogP contribution is -2.52. The van der Waals surface area contributed by atoms with E-state index in [1.807, 2.05) is 30.3 Å². The van der Waals surface area contributed by atoms with Gasteiger partial charge >= 0.3 is 0 Å². The molecule has 1 fully saturated rings. The van der Waals surface area contributed by atoms with Crippen molar-refractivity contribution in [3.63, 3.8) is 0 Å². The molecule has 1 aromatic rings. The van der Waals surface area contributed by atoms with E-state index in [0.717, 1.165) is 24.5 Å². The van der Waals surface area contributed by atoms with Crippen LogP contribution in [0.2, 0.25) is 5.02 Å². The van der Waals surface area contributed by atoms with E-state index in [9.17, 15) is 0 Å². The van der Waals surface area contributed by atoms with Crippen LogP contribution in [0, 0.1) is 5.92 Å². The monoisotopic (exact) mass is 319 g/mol. The van der Waals surface area contributed by atoms with Crippen molar-refractivity contribution < 1.29 is 0 Å². The number of halogens is 1. The Balaban J connectivity index is 1.64. The van der Waals surface area contributed by atoms with Crippen LogP contribution in [0.3, 0.4) is 0 Å². The van der Waals surface area contributed by atoms with Gasteiger partial charge < -0.3 is 15.5 Å². The van der Waals surface area contributed by atoms with E-state index in [0.29, 0.717) is 10.9 Å². The van der Waals surface area contributed by atoms with Crippen LogP contribution >= 0.6 is 11.6 Å². The molecule has 0 aliphatic carbocycles. The SMILES string of the molecule is CN1CCC(CNC2=CC=NC(N)(c3cccc(Cl)c3)N2)C1. The molecular weight excluding hydrogens is 298 g/mol. The van der Waals surface area contributed by atoms with E-state index in [-0.39, 0.29) is 0 Å². The molecule has 22 heavy (non-hydrogen) atoms. The third-order valence-electron chi connectivity index (χ3n) is 4.18. The van der Waals surface area contributed by atoms with Crippen LogP contribution in [0.1, 0.15) is 12.0 Å². The Kier molecular flexibility index (Phi) is 4.38. The van der Waals surface area contributed by atoms with Gasteiger partial charge in [-0.3, -0.25) is 5.73 Å². The van der Waals surface area contributed by atoms with E-state index in [1.54, 1.807) is 6.21 Å². The van der Waals surface area contributed by atoms with E-state index < -0.39 is 5.79 Å². The van der Waals surface area contributed by atoms with Gasteiger partial charge in [-0.15, -0.1) is 0 Å². The molecule has 0 amide bonds. The normalized spacial score (nSPS) is 28.3. The van der Waals surface area contributed by atoms with Crippen molar-refractivity contribution >= 4 is 17.8 Å². The van der Waals surface area contributed by atoms with Crippen molar-refractivity contribution in [2.75, 3.05) is 26.7 Å². The van der Waals surface area contributed by atoms with Crippen molar-refractivity contribution in [3.05, 3.63) is 46.7 Å². The van der Waals surface area contributed by atoms with Crippen LogP contribution in [0.25, 0.3) is 0 Å². The first-order valence-electron chi connectivity index (χ1n) is 7.56. The lowest BCUT2D eigenvalue weighted by atomic mass is 10.1. The highest BCUT2D eigenvalue weighted by Gasteiger charge is 2.29. The summed E-state index contributed by atoms with van der Waals surface area (Å²) < 4.78 is 0. The first-order chi connectivity index (χ1) is 10.5. The number of nitrogens with one attached hydrogen (secondary N) is 2. The number of nitrogens with two attached hydrogens (primary N) is 1. The van der Waals surface area contributed by atoms with Crippen LogP contribution in [-0.4, -0.2) is 37.8 Å². The molecule has 1 aromatic carbocycles. The molecule has 118 valence electrons. The fraction of sp³-hybridized carbons (Fsp3) is 0.438. The molecule has 5 nitrogen and oxygen atoms in total. The molecule has 3 rings (SSSR count). The van der Waals surface area contributed by atoms with Crippen molar-refractivity contribution in [2.24, 2.45) is 16.6 Å². The number of benzene rings is 1. The second-order valence-corrected chi connectivity index (χ2v) is 6.49. The predicted molar refractivity (Wildman–Crippen MR) is 90.6 cm³/mol. The van der Waals surface area contributed by atoms with Crippen molar-refractivity contribution in [1.29, 1.82) is 0 Å². The Hall–Kier alpha value is -1.56. The maximum Gasteiger partial charge on any atom is 0.210 e. The van der Waals surface area contributed by atoms with Gasteiger partial charge in [0, 0.05) is 29.9 Å². The molecule has 4 N–H and O–H groups in total. The van der Waals surface area contributed by atoms with Gasteiger partial charge in [-0.1, -0.05) is 23.7 Å². The van der Waals surface area contributed by atoms with Crippen molar-refractivity contribution in [1.82, 2.24) is 15.5 Å².